The monoisotopic (exact) mass is 297 g/mol. The topological polar surface area (TPSA) is 18.5 Å². The lowest BCUT2D eigenvalue weighted by atomic mass is 10.1. The Morgan fingerprint density at radius 3 is 2.75 bits per heavy atom. The fourth-order valence-electron chi connectivity index (χ4n) is 3.14. The summed E-state index contributed by atoms with van der Waals surface area (Å²) >= 11 is 5.94. The van der Waals surface area contributed by atoms with E-state index in [1.54, 1.807) is 12.1 Å². The Hall–Kier alpha value is -0.680. The fraction of sp³-hybridized carbons (Fsp3) is 0.600. The summed E-state index contributed by atoms with van der Waals surface area (Å²) in [6.45, 7) is 7.07. The van der Waals surface area contributed by atoms with Crippen molar-refractivity contribution in [1.82, 2.24) is 15.1 Å². The summed E-state index contributed by atoms with van der Waals surface area (Å²) in [5, 5.41) is 4.02. The van der Waals surface area contributed by atoms with Crippen molar-refractivity contribution in [1.29, 1.82) is 0 Å². The van der Waals surface area contributed by atoms with Gasteiger partial charge in [0, 0.05) is 55.9 Å². The first-order valence-electron chi connectivity index (χ1n) is 7.33. The lowest BCUT2D eigenvalue weighted by Crippen LogP contribution is -2.50. The molecule has 0 bridgehead atoms. The summed E-state index contributed by atoms with van der Waals surface area (Å²) < 4.78 is 13.7. The molecule has 3 nitrogen and oxygen atoms in total. The first-order chi connectivity index (χ1) is 9.72. The molecule has 20 heavy (non-hydrogen) atoms. The molecule has 0 aromatic heterocycles. The first kappa shape index (κ1) is 14.3. The second-order valence-corrected chi connectivity index (χ2v) is 6.13. The minimum Gasteiger partial charge on any atom is -0.315 e. The van der Waals surface area contributed by atoms with Crippen molar-refractivity contribution in [2.45, 2.75) is 19.0 Å². The molecule has 0 saturated carbocycles. The van der Waals surface area contributed by atoms with Crippen LogP contribution in [0.4, 0.5) is 4.39 Å². The van der Waals surface area contributed by atoms with E-state index in [-0.39, 0.29) is 5.82 Å². The van der Waals surface area contributed by atoms with Gasteiger partial charge in [-0.25, -0.2) is 4.39 Å². The fourth-order valence-corrected chi connectivity index (χ4v) is 3.34. The van der Waals surface area contributed by atoms with Crippen LogP contribution in [-0.2, 0) is 6.54 Å². The number of nitrogens with zero attached hydrogens (tertiary/aromatic N) is 2. The molecule has 2 fully saturated rings. The zero-order valence-corrected chi connectivity index (χ0v) is 12.4. The summed E-state index contributed by atoms with van der Waals surface area (Å²) in [5.41, 5.74) is 0.702. The van der Waals surface area contributed by atoms with Crippen molar-refractivity contribution in [3.63, 3.8) is 0 Å². The van der Waals surface area contributed by atoms with Gasteiger partial charge in [0.15, 0.2) is 0 Å². The van der Waals surface area contributed by atoms with Gasteiger partial charge in [-0.05, 0) is 31.2 Å². The van der Waals surface area contributed by atoms with Gasteiger partial charge in [0.25, 0.3) is 0 Å². The maximum absolute atomic E-state index is 13.7. The van der Waals surface area contributed by atoms with Gasteiger partial charge in [-0.3, -0.25) is 9.80 Å². The molecule has 1 N–H and O–H groups in total. The highest BCUT2D eigenvalue weighted by Gasteiger charge is 2.26. The van der Waals surface area contributed by atoms with E-state index in [1.807, 2.05) is 0 Å². The van der Waals surface area contributed by atoms with Gasteiger partial charge in [0.05, 0.1) is 0 Å². The van der Waals surface area contributed by atoms with Gasteiger partial charge in [-0.2, -0.15) is 0 Å². The summed E-state index contributed by atoms with van der Waals surface area (Å²) in [6, 6.07) is 5.49. The zero-order chi connectivity index (χ0) is 13.9. The molecule has 0 radical (unpaired) electrons. The molecule has 2 aliphatic heterocycles. The Labute approximate surface area is 124 Å². The zero-order valence-electron chi connectivity index (χ0n) is 11.6. The summed E-state index contributed by atoms with van der Waals surface area (Å²) in [4.78, 5) is 4.87. The van der Waals surface area contributed by atoms with Crippen molar-refractivity contribution >= 4 is 11.6 Å². The van der Waals surface area contributed by atoms with Gasteiger partial charge in [0.1, 0.15) is 5.82 Å². The Kier molecular flexibility index (Phi) is 4.56. The quantitative estimate of drug-likeness (QED) is 0.920. The van der Waals surface area contributed by atoms with E-state index >= 15 is 0 Å². The Morgan fingerprint density at radius 2 is 2.05 bits per heavy atom. The smallest absolute Gasteiger partial charge is 0.127 e. The maximum Gasteiger partial charge on any atom is 0.127 e. The van der Waals surface area contributed by atoms with Crippen LogP contribution in [0.5, 0.6) is 0 Å². The molecule has 1 unspecified atom stereocenters. The molecule has 0 aliphatic carbocycles. The molecule has 2 saturated heterocycles. The molecule has 1 atom stereocenters. The third-order valence-electron chi connectivity index (χ3n) is 4.36. The molecular weight excluding hydrogens is 277 g/mol. The number of nitrogens with one attached hydrogen (secondary N) is 1. The molecule has 2 heterocycles. The van der Waals surface area contributed by atoms with E-state index < -0.39 is 0 Å². The van der Waals surface area contributed by atoms with E-state index in [0.717, 1.165) is 39.3 Å². The van der Waals surface area contributed by atoms with Crippen LogP contribution in [0.25, 0.3) is 0 Å². The normalized spacial score (nSPS) is 25.2. The van der Waals surface area contributed by atoms with E-state index in [1.165, 1.54) is 12.5 Å². The minimum absolute atomic E-state index is 0.156. The highest BCUT2D eigenvalue weighted by Crippen LogP contribution is 2.18. The molecule has 110 valence electrons. The largest absolute Gasteiger partial charge is 0.315 e. The molecule has 2 aliphatic rings. The van der Waals surface area contributed by atoms with Crippen LogP contribution in [-0.4, -0.2) is 55.1 Å². The molecule has 1 aromatic rings. The van der Waals surface area contributed by atoms with Gasteiger partial charge >= 0.3 is 0 Å². The van der Waals surface area contributed by atoms with E-state index in [9.17, 15) is 4.39 Å². The van der Waals surface area contributed by atoms with Gasteiger partial charge in [0.2, 0.25) is 0 Å². The van der Waals surface area contributed by atoms with Crippen LogP contribution in [0.3, 0.4) is 0 Å². The predicted molar refractivity (Wildman–Crippen MR) is 79.5 cm³/mol. The number of benzene rings is 1. The summed E-state index contributed by atoms with van der Waals surface area (Å²) in [5.74, 6) is -0.156. The minimum atomic E-state index is -0.156. The van der Waals surface area contributed by atoms with Crippen molar-refractivity contribution in [3.05, 3.63) is 34.6 Å². The molecule has 3 rings (SSSR count). The van der Waals surface area contributed by atoms with Crippen LogP contribution in [0.15, 0.2) is 18.2 Å². The highest BCUT2D eigenvalue weighted by atomic mass is 35.5. The van der Waals surface area contributed by atoms with Gasteiger partial charge in [-0.1, -0.05) is 11.6 Å². The molecular formula is C15H21ClFN3. The number of piperazine rings is 1. The molecule has 5 heteroatoms. The molecule has 0 spiro atoms. The average molecular weight is 298 g/mol. The second-order valence-electron chi connectivity index (χ2n) is 5.69. The van der Waals surface area contributed by atoms with Crippen molar-refractivity contribution in [3.8, 4) is 0 Å². The predicted octanol–water partition coefficient (Wildman–Crippen LogP) is 1.96. The van der Waals surface area contributed by atoms with Crippen LogP contribution in [0.2, 0.25) is 5.02 Å². The number of halogens is 2. The Balaban J connectivity index is 1.54. The standard InChI is InChI=1S/C15H21ClFN3/c16-13-1-2-15(17)12(9-13)11-19-5-7-20(8-6-19)14-3-4-18-10-14/h1-2,9,14,18H,3-8,10-11H2. The Bertz CT molecular complexity index is 454. The van der Waals surface area contributed by atoms with Crippen LogP contribution in [0.1, 0.15) is 12.0 Å². The van der Waals surface area contributed by atoms with Crippen molar-refractivity contribution in [2.75, 3.05) is 39.3 Å². The van der Waals surface area contributed by atoms with Gasteiger partial charge < -0.3 is 5.32 Å². The van der Waals surface area contributed by atoms with Gasteiger partial charge in [-0.15, -0.1) is 0 Å². The highest BCUT2D eigenvalue weighted by molar-refractivity contribution is 6.30. The van der Waals surface area contributed by atoms with E-state index in [2.05, 4.69) is 15.1 Å². The van der Waals surface area contributed by atoms with Crippen LogP contribution < -0.4 is 5.32 Å². The number of rotatable bonds is 3. The second kappa shape index (κ2) is 6.39. The third-order valence-corrected chi connectivity index (χ3v) is 4.59. The maximum atomic E-state index is 13.7. The average Bonchev–Trinajstić information content (AvgIpc) is 2.98. The summed E-state index contributed by atoms with van der Waals surface area (Å²) in [6.07, 6.45) is 1.25. The SMILES string of the molecule is Fc1ccc(Cl)cc1CN1CCN(C2CCNC2)CC1. The number of hydrogen-bond donors (Lipinski definition) is 1. The van der Waals surface area contributed by atoms with E-state index in [0.29, 0.717) is 23.2 Å². The van der Waals surface area contributed by atoms with Crippen molar-refractivity contribution < 1.29 is 4.39 Å². The summed E-state index contributed by atoms with van der Waals surface area (Å²) in [7, 11) is 0. The van der Waals surface area contributed by atoms with Crippen LogP contribution in [0, 0.1) is 5.82 Å². The first-order valence-corrected chi connectivity index (χ1v) is 7.71. The molecule has 0 amide bonds. The van der Waals surface area contributed by atoms with Crippen molar-refractivity contribution in [2.24, 2.45) is 0 Å². The molecule has 1 aromatic carbocycles. The lowest BCUT2D eigenvalue weighted by molar-refractivity contribution is 0.0974. The van der Waals surface area contributed by atoms with Crippen LogP contribution >= 0.6 is 11.6 Å². The lowest BCUT2D eigenvalue weighted by Gasteiger charge is -2.37. The Morgan fingerprint density at radius 1 is 1.25 bits per heavy atom. The third kappa shape index (κ3) is 3.31. The van der Waals surface area contributed by atoms with E-state index in [4.69, 9.17) is 11.6 Å². The number of hydrogen-bond acceptors (Lipinski definition) is 3.